The number of nitrogens with zero attached hydrogens (tertiary/aromatic N) is 2. The molecule has 1 amide bonds. The van der Waals surface area contributed by atoms with E-state index in [1.807, 2.05) is 30.8 Å². The van der Waals surface area contributed by atoms with Crippen molar-refractivity contribution < 1.29 is 32.1 Å². The van der Waals surface area contributed by atoms with Crippen LogP contribution < -0.4 is 4.72 Å². The molecule has 2 aromatic carbocycles. The molecule has 38 heavy (non-hydrogen) atoms. The van der Waals surface area contributed by atoms with Gasteiger partial charge in [0.05, 0.1) is 19.1 Å². The van der Waals surface area contributed by atoms with Crippen molar-refractivity contribution in [2.75, 3.05) is 20.7 Å². The van der Waals surface area contributed by atoms with E-state index < -0.39 is 27.7 Å². The Morgan fingerprint density at radius 1 is 1.00 bits per heavy atom. The zero-order valence-corrected chi connectivity index (χ0v) is 23.8. The summed E-state index contributed by atoms with van der Waals surface area (Å²) in [6, 6.07) is 13.7. The molecule has 0 spiro atoms. The van der Waals surface area contributed by atoms with E-state index in [0.717, 1.165) is 17.7 Å². The lowest BCUT2D eigenvalue weighted by molar-refractivity contribution is -0.844. The molecule has 0 saturated heterocycles. The van der Waals surface area contributed by atoms with Gasteiger partial charge in [-0.15, -0.1) is 0 Å². The molecular weight excluding hydrogens is 506 g/mol. The highest BCUT2D eigenvalue weighted by molar-refractivity contribution is 7.90. The fourth-order valence-corrected chi connectivity index (χ4v) is 5.64. The Bertz CT molecular complexity index is 1390. The average Bonchev–Trinajstić information content (AvgIpc) is 3.14. The van der Waals surface area contributed by atoms with Crippen molar-refractivity contribution in [2.45, 2.75) is 58.0 Å². The van der Waals surface area contributed by atoms with Crippen molar-refractivity contribution >= 4 is 33.5 Å². The molecule has 9 nitrogen and oxygen atoms in total. The van der Waals surface area contributed by atoms with E-state index in [9.17, 15) is 18.0 Å². The van der Waals surface area contributed by atoms with Crippen LogP contribution in [0.5, 0.6) is 0 Å². The summed E-state index contributed by atoms with van der Waals surface area (Å²) in [5.74, 6) is -0.438. The Kier molecular flexibility index (Phi) is 8.48. The summed E-state index contributed by atoms with van der Waals surface area (Å²) in [5, 5.41) is 4.86. The number of methoxy groups -OCH3 is 1. The van der Waals surface area contributed by atoms with Crippen molar-refractivity contribution in [3.05, 3.63) is 59.7 Å². The van der Waals surface area contributed by atoms with E-state index in [2.05, 4.69) is 6.92 Å². The maximum Gasteiger partial charge on any atom is 0.421 e. The van der Waals surface area contributed by atoms with Gasteiger partial charge in [0.2, 0.25) is 0 Å². The van der Waals surface area contributed by atoms with Crippen LogP contribution >= 0.6 is 0 Å². The van der Waals surface area contributed by atoms with E-state index in [-0.39, 0.29) is 9.49 Å². The van der Waals surface area contributed by atoms with Crippen LogP contribution in [0.1, 0.15) is 53.0 Å². The SMILES string of the molecule is CCC[N+]1(C)N=C(CC)C(C(=O)OC)=C1c1ccc(-c2ccccc2S(=O)(=O)NC(=O)OC(C)(C)C)cc1. The van der Waals surface area contributed by atoms with Gasteiger partial charge in [-0.2, -0.15) is 4.59 Å². The summed E-state index contributed by atoms with van der Waals surface area (Å²) in [7, 11) is -0.896. The fourth-order valence-electron chi connectivity index (χ4n) is 4.54. The lowest BCUT2D eigenvalue weighted by Crippen LogP contribution is -2.36. The first-order chi connectivity index (χ1) is 17.8. The lowest BCUT2D eigenvalue weighted by atomic mass is 9.98. The normalized spacial score (nSPS) is 17.7. The van der Waals surface area contributed by atoms with Crippen LogP contribution in [-0.4, -0.2) is 57.1 Å². The van der Waals surface area contributed by atoms with Crippen LogP contribution in [0.25, 0.3) is 16.8 Å². The molecule has 2 aromatic rings. The number of benzene rings is 2. The quantitative estimate of drug-likeness (QED) is 0.368. The third-order valence-corrected chi connectivity index (χ3v) is 7.36. The van der Waals surface area contributed by atoms with Gasteiger partial charge in [0, 0.05) is 11.1 Å². The summed E-state index contributed by atoms with van der Waals surface area (Å²) < 4.78 is 38.6. The third kappa shape index (κ3) is 6.14. The van der Waals surface area contributed by atoms with Gasteiger partial charge in [0.15, 0.2) is 11.3 Å². The summed E-state index contributed by atoms with van der Waals surface area (Å²) in [6.07, 6.45) is 0.383. The minimum absolute atomic E-state index is 0.0582. The summed E-state index contributed by atoms with van der Waals surface area (Å²) in [5.41, 5.74) is 2.87. The highest BCUT2D eigenvalue weighted by Gasteiger charge is 2.43. The molecule has 0 radical (unpaired) electrons. The molecule has 1 aliphatic heterocycles. The first kappa shape index (κ1) is 29.1. The van der Waals surface area contributed by atoms with Crippen LogP contribution in [0.4, 0.5) is 4.79 Å². The molecule has 3 rings (SSSR count). The summed E-state index contributed by atoms with van der Waals surface area (Å²) in [6.45, 7) is 9.66. The second kappa shape index (κ2) is 11.1. The Morgan fingerprint density at radius 3 is 2.16 bits per heavy atom. The Morgan fingerprint density at radius 2 is 1.61 bits per heavy atom. The second-order valence-electron chi connectivity index (χ2n) is 10.2. The van der Waals surface area contributed by atoms with Crippen molar-refractivity contribution in [3.8, 4) is 11.1 Å². The molecule has 0 saturated carbocycles. The van der Waals surface area contributed by atoms with Crippen LogP contribution in [0.2, 0.25) is 0 Å². The highest BCUT2D eigenvalue weighted by Crippen LogP contribution is 2.38. The number of sulfonamides is 1. The number of amides is 1. The second-order valence-corrected chi connectivity index (χ2v) is 11.8. The van der Waals surface area contributed by atoms with E-state index >= 15 is 0 Å². The number of ether oxygens (including phenoxy) is 2. The molecule has 204 valence electrons. The standard InChI is InChI=1S/C28H35N3O6S/c1-8-18-31(6)25(24(26(32)36-7)22(9-2)29-31)20-16-14-19(15-17-20)21-12-10-11-13-23(21)38(34,35)30-27(33)37-28(3,4)5/h10-17H,8-9,18H2,1-7H3/p+1. The van der Waals surface area contributed by atoms with E-state index in [0.29, 0.717) is 35.4 Å². The molecule has 0 aliphatic carbocycles. The van der Waals surface area contributed by atoms with Gasteiger partial charge in [-0.05, 0) is 57.4 Å². The molecule has 0 fully saturated rings. The molecule has 1 unspecified atom stereocenters. The first-order valence-corrected chi connectivity index (χ1v) is 14.0. The van der Waals surface area contributed by atoms with Crippen LogP contribution in [0, 0.1) is 0 Å². The van der Waals surface area contributed by atoms with Crippen molar-refractivity contribution in [1.29, 1.82) is 0 Å². The van der Waals surface area contributed by atoms with E-state index in [1.54, 1.807) is 51.1 Å². The topological polar surface area (TPSA) is 111 Å². The predicted molar refractivity (Wildman–Crippen MR) is 146 cm³/mol. The van der Waals surface area contributed by atoms with E-state index in [4.69, 9.17) is 14.6 Å². The van der Waals surface area contributed by atoms with Crippen molar-refractivity contribution in [1.82, 2.24) is 4.72 Å². The Hall–Kier alpha value is -3.50. The number of carbonyl (C=O) groups is 2. The van der Waals surface area contributed by atoms with Crippen molar-refractivity contribution in [2.24, 2.45) is 5.10 Å². The van der Waals surface area contributed by atoms with Crippen LogP contribution in [-0.2, 0) is 24.3 Å². The number of nitrogens with one attached hydrogen (secondary N) is 1. The zero-order valence-electron chi connectivity index (χ0n) is 23.0. The van der Waals surface area contributed by atoms with Gasteiger partial charge in [-0.1, -0.05) is 49.3 Å². The minimum Gasteiger partial charge on any atom is -0.465 e. The van der Waals surface area contributed by atoms with Gasteiger partial charge in [0.1, 0.15) is 17.9 Å². The van der Waals surface area contributed by atoms with Gasteiger partial charge in [-0.25, -0.2) is 22.7 Å². The predicted octanol–water partition coefficient (Wildman–Crippen LogP) is 5.09. The van der Waals surface area contributed by atoms with Crippen LogP contribution in [0.3, 0.4) is 0 Å². The largest absolute Gasteiger partial charge is 0.465 e. The van der Waals surface area contributed by atoms with Gasteiger partial charge in [-0.3, -0.25) is 0 Å². The lowest BCUT2D eigenvalue weighted by Gasteiger charge is -2.26. The molecule has 1 atom stereocenters. The van der Waals surface area contributed by atoms with E-state index in [1.165, 1.54) is 13.2 Å². The summed E-state index contributed by atoms with van der Waals surface area (Å²) >= 11 is 0. The Labute approximate surface area is 224 Å². The maximum absolute atomic E-state index is 13.1. The number of carbonyl (C=O) groups excluding carboxylic acids is 2. The molecule has 0 bridgehead atoms. The summed E-state index contributed by atoms with van der Waals surface area (Å²) in [4.78, 5) is 24.9. The molecule has 0 aromatic heterocycles. The molecule has 10 heteroatoms. The van der Waals surface area contributed by atoms with Crippen LogP contribution in [0.15, 0.2) is 64.1 Å². The monoisotopic (exact) mass is 542 g/mol. The molecule has 1 heterocycles. The molecule has 1 aliphatic rings. The number of esters is 1. The number of quaternary nitrogens is 1. The number of rotatable bonds is 8. The average molecular weight is 543 g/mol. The third-order valence-electron chi connectivity index (χ3n) is 5.99. The Balaban J connectivity index is 2.05. The smallest absolute Gasteiger partial charge is 0.421 e. The van der Waals surface area contributed by atoms with Crippen molar-refractivity contribution in [3.63, 3.8) is 0 Å². The first-order valence-electron chi connectivity index (χ1n) is 12.5. The van der Waals surface area contributed by atoms with Gasteiger partial charge in [0.25, 0.3) is 10.0 Å². The van der Waals surface area contributed by atoms with Gasteiger partial charge >= 0.3 is 12.1 Å². The molecule has 1 N–H and O–H groups in total. The number of hydrogen-bond donors (Lipinski definition) is 1. The molecular formula is C28H36N3O6S+. The fraction of sp³-hybridized carbons (Fsp3) is 0.393. The minimum atomic E-state index is -4.21. The highest BCUT2D eigenvalue weighted by atomic mass is 32.2. The maximum atomic E-state index is 13.1. The number of hydrogen-bond acceptors (Lipinski definition) is 7. The van der Waals surface area contributed by atoms with Gasteiger partial charge < -0.3 is 9.47 Å². The zero-order chi connectivity index (χ0) is 28.3.